The van der Waals surface area contributed by atoms with Crippen LogP contribution in [0.2, 0.25) is 0 Å². The molecule has 1 atom stereocenters. The van der Waals surface area contributed by atoms with Gasteiger partial charge in [0, 0.05) is 25.8 Å². The fourth-order valence-electron chi connectivity index (χ4n) is 2.15. The quantitative estimate of drug-likeness (QED) is 0.872. The Labute approximate surface area is 111 Å². The van der Waals surface area contributed by atoms with Gasteiger partial charge in [-0.15, -0.1) is 0 Å². The Bertz CT molecular complexity index is 368. The van der Waals surface area contributed by atoms with Crippen LogP contribution in [0, 0.1) is 5.41 Å². The van der Waals surface area contributed by atoms with Crippen molar-refractivity contribution in [2.24, 2.45) is 11.1 Å². The lowest BCUT2D eigenvalue weighted by Gasteiger charge is -2.29. The predicted molar refractivity (Wildman–Crippen MR) is 78.9 cm³/mol. The van der Waals surface area contributed by atoms with Crippen LogP contribution in [0.4, 0.5) is 5.82 Å². The third-order valence-electron chi connectivity index (χ3n) is 2.95. The summed E-state index contributed by atoms with van der Waals surface area (Å²) in [6, 6.07) is 4.35. The second kappa shape index (κ2) is 6.19. The minimum absolute atomic E-state index is 0.219. The highest BCUT2D eigenvalue weighted by atomic mass is 15.2. The van der Waals surface area contributed by atoms with Crippen LogP contribution in [-0.2, 0) is 6.42 Å². The Balaban J connectivity index is 2.87. The highest BCUT2D eigenvalue weighted by molar-refractivity contribution is 5.46. The van der Waals surface area contributed by atoms with E-state index in [1.807, 2.05) is 12.3 Å². The highest BCUT2D eigenvalue weighted by Gasteiger charge is 2.17. The summed E-state index contributed by atoms with van der Waals surface area (Å²) in [6.07, 6.45) is 3.75. The molecule has 0 spiro atoms. The van der Waals surface area contributed by atoms with Gasteiger partial charge in [-0.1, -0.05) is 33.8 Å². The number of hydrogen-bond acceptors (Lipinski definition) is 3. The van der Waals surface area contributed by atoms with Crippen molar-refractivity contribution in [2.45, 2.75) is 46.6 Å². The third kappa shape index (κ3) is 4.65. The zero-order valence-corrected chi connectivity index (χ0v) is 12.4. The third-order valence-corrected chi connectivity index (χ3v) is 2.95. The summed E-state index contributed by atoms with van der Waals surface area (Å²) < 4.78 is 0. The first-order valence-corrected chi connectivity index (χ1v) is 6.74. The summed E-state index contributed by atoms with van der Waals surface area (Å²) in [5, 5.41) is 0. The van der Waals surface area contributed by atoms with E-state index in [4.69, 9.17) is 5.73 Å². The van der Waals surface area contributed by atoms with Crippen LogP contribution in [0.3, 0.4) is 0 Å². The number of anilines is 1. The molecule has 1 aromatic heterocycles. The maximum atomic E-state index is 6.05. The van der Waals surface area contributed by atoms with Gasteiger partial charge in [0.25, 0.3) is 0 Å². The molecule has 3 heteroatoms. The van der Waals surface area contributed by atoms with Crippen molar-refractivity contribution in [3.8, 4) is 0 Å². The maximum absolute atomic E-state index is 6.05. The molecule has 0 radical (unpaired) electrons. The number of hydrogen-bond donors (Lipinski definition) is 1. The van der Waals surface area contributed by atoms with E-state index in [-0.39, 0.29) is 11.5 Å². The van der Waals surface area contributed by atoms with Crippen molar-refractivity contribution in [1.82, 2.24) is 4.98 Å². The van der Waals surface area contributed by atoms with Crippen LogP contribution in [0.15, 0.2) is 18.3 Å². The normalized spacial score (nSPS) is 13.4. The van der Waals surface area contributed by atoms with Crippen LogP contribution in [0.5, 0.6) is 0 Å². The van der Waals surface area contributed by atoms with E-state index in [1.54, 1.807) is 0 Å². The lowest BCUT2D eigenvalue weighted by atomic mass is 9.96. The summed E-state index contributed by atoms with van der Waals surface area (Å²) in [7, 11) is 2.11. The van der Waals surface area contributed by atoms with Crippen LogP contribution < -0.4 is 10.6 Å². The fourth-order valence-corrected chi connectivity index (χ4v) is 2.15. The molecule has 0 aliphatic carbocycles. The molecule has 0 amide bonds. The van der Waals surface area contributed by atoms with Gasteiger partial charge >= 0.3 is 0 Å². The van der Waals surface area contributed by atoms with Gasteiger partial charge in [0.15, 0.2) is 0 Å². The molecule has 0 bridgehead atoms. The molecule has 0 saturated carbocycles. The van der Waals surface area contributed by atoms with Gasteiger partial charge in [-0.2, -0.15) is 0 Å². The summed E-state index contributed by atoms with van der Waals surface area (Å²) in [5.41, 5.74) is 7.56. The van der Waals surface area contributed by atoms with Gasteiger partial charge in [0.2, 0.25) is 0 Å². The lowest BCUT2D eigenvalue weighted by Crippen LogP contribution is -2.31. The van der Waals surface area contributed by atoms with Crippen molar-refractivity contribution in [3.05, 3.63) is 23.9 Å². The van der Waals surface area contributed by atoms with Gasteiger partial charge in [-0.05, 0) is 29.9 Å². The van der Waals surface area contributed by atoms with Crippen LogP contribution >= 0.6 is 0 Å². The van der Waals surface area contributed by atoms with Gasteiger partial charge in [-0.25, -0.2) is 4.98 Å². The Hall–Kier alpha value is -1.09. The molecule has 0 fully saturated rings. The molecule has 102 valence electrons. The van der Waals surface area contributed by atoms with E-state index in [9.17, 15) is 0 Å². The maximum Gasteiger partial charge on any atom is 0.131 e. The minimum Gasteiger partial charge on any atom is -0.359 e. The average molecular weight is 249 g/mol. The van der Waals surface area contributed by atoms with Gasteiger partial charge in [0.05, 0.1) is 0 Å². The SMILES string of the molecule is CCC(N)Cc1cccnc1N(C)CC(C)(C)C. The summed E-state index contributed by atoms with van der Waals surface area (Å²) in [5.74, 6) is 1.07. The minimum atomic E-state index is 0.219. The zero-order valence-electron chi connectivity index (χ0n) is 12.4. The van der Waals surface area contributed by atoms with Gasteiger partial charge < -0.3 is 10.6 Å². The number of rotatable bonds is 5. The monoisotopic (exact) mass is 249 g/mol. The average Bonchev–Trinajstić information content (AvgIpc) is 2.27. The number of aromatic nitrogens is 1. The van der Waals surface area contributed by atoms with Gasteiger partial charge in [0.1, 0.15) is 5.82 Å². The van der Waals surface area contributed by atoms with Crippen LogP contribution in [0.25, 0.3) is 0 Å². The van der Waals surface area contributed by atoms with Crippen molar-refractivity contribution in [3.63, 3.8) is 0 Å². The van der Waals surface area contributed by atoms with E-state index >= 15 is 0 Å². The van der Waals surface area contributed by atoms with E-state index in [0.717, 1.165) is 25.2 Å². The highest BCUT2D eigenvalue weighted by Crippen LogP contribution is 2.22. The lowest BCUT2D eigenvalue weighted by molar-refractivity contribution is 0.417. The van der Waals surface area contributed by atoms with E-state index in [0.29, 0.717) is 0 Å². The number of nitrogens with two attached hydrogens (primary N) is 1. The topological polar surface area (TPSA) is 42.1 Å². The van der Waals surface area contributed by atoms with Crippen molar-refractivity contribution in [2.75, 3.05) is 18.5 Å². The summed E-state index contributed by atoms with van der Waals surface area (Å²) >= 11 is 0. The molecule has 0 aromatic carbocycles. The second-order valence-corrected chi connectivity index (χ2v) is 6.28. The molecular weight excluding hydrogens is 222 g/mol. The zero-order chi connectivity index (χ0) is 13.8. The molecule has 0 saturated heterocycles. The van der Waals surface area contributed by atoms with Crippen molar-refractivity contribution in [1.29, 1.82) is 0 Å². The first-order chi connectivity index (χ1) is 8.33. The molecule has 1 unspecified atom stereocenters. The van der Waals surface area contributed by atoms with Gasteiger partial charge in [-0.3, -0.25) is 0 Å². The molecule has 2 N–H and O–H groups in total. The Morgan fingerprint density at radius 1 is 1.39 bits per heavy atom. The molecular formula is C15H27N3. The van der Waals surface area contributed by atoms with E-state index in [1.165, 1.54) is 5.56 Å². The molecule has 0 aliphatic rings. The molecule has 1 rings (SSSR count). The first-order valence-electron chi connectivity index (χ1n) is 6.74. The fraction of sp³-hybridized carbons (Fsp3) is 0.667. The Morgan fingerprint density at radius 2 is 2.06 bits per heavy atom. The standard InChI is InChI=1S/C15H27N3/c1-6-13(16)10-12-8-7-9-17-14(12)18(5)11-15(2,3)4/h7-9,13H,6,10-11,16H2,1-5H3. The molecule has 18 heavy (non-hydrogen) atoms. The summed E-state index contributed by atoms with van der Waals surface area (Å²) in [4.78, 5) is 6.75. The summed E-state index contributed by atoms with van der Waals surface area (Å²) in [6.45, 7) is 9.83. The Morgan fingerprint density at radius 3 is 2.61 bits per heavy atom. The molecule has 1 aromatic rings. The van der Waals surface area contributed by atoms with Crippen molar-refractivity contribution < 1.29 is 0 Å². The Kier molecular flexibility index (Phi) is 5.15. The molecule has 0 aliphatic heterocycles. The van der Waals surface area contributed by atoms with E-state index in [2.05, 4.69) is 50.7 Å². The van der Waals surface area contributed by atoms with Crippen LogP contribution in [-0.4, -0.2) is 24.6 Å². The largest absolute Gasteiger partial charge is 0.359 e. The predicted octanol–water partition coefficient (Wildman–Crippen LogP) is 2.84. The van der Waals surface area contributed by atoms with E-state index < -0.39 is 0 Å². The van der Waals surface area contributed by atoms with Crippen molar-refractivity contribution >= 4 is 5.82 Å². The molecule has 1 heterocycles. The number of nitrogens with zero attached hydrogens (tertiary/aromatic N) is 2. The first kappa shape index (κ1) is 15.0. The second-order valence-electron chi connectivity index (χ2n) is 6.28. The molecule has 3 nitrogen and oxygen atoms in total. The van der Waals surface area contributed by atoms with Crippen LogP contribution in [0.1, 0.15) is 39.7 Å². The smallest absolute Gasteiger partial charge is 0.131 e. The number of pyridine rings is 1.